The average molecular weight is 427 g/mol. The molecule has 1 aromatic heterocycles. The number of rotatable bonds is 7. The lowest BCUT2D eigenvalue weighted by Crippen LogP contribution is -2.27. The first-order valence-electron chi connectivity index (χ1n) is 10.7. The van der Waals surface area contributed by atoms with Crippen molar-refractivity contribution >= 4 is 28.5 Å². The van der Waals surface area contributed by atoms with Crippen molar-refractivity contribution in [2.45, 2.75) is 26.3 Å². The summed E-state index contributed by atoms with van der Waals surface area (Å²) in [5.74, 6) is 0.00142. The monoisotopic (exact) mass is 426 g/mol. The topological polar surface area (TPSA) is 62.6 Å². The first kappa shape index (κ1) is 21.4. The minimum absolute atomic E-state index is 0.0450. The molecule has 0 fully saturated rings. The number of amides is 2. The third kappa shape index (κ3) is 5.06. The number of nitrogens with one attached hydrogen (secondary N) is 1. The van der Waals surface area contributed by atoms with Gasteiger partial charge in [-0.15, -0.1) is 0 Å². The van der Waals surface area contributed by atoms with E-state index in [1.54, 1.807) is 23.1 Å². The lowest BCUT2D eigenvalue weighted by atomic mass is 10.1. The van der Waals surface area contributed by atoms with E-state index < -0.39 is 0 Å². The smallest absolute Gasteiger partial charge is 0.291 e. The number of para-hydroxylation sites is 1. The zero-order chi connectivity index (χ0) is 22.5. The van der Waals surface area contributed by atoms with Crippen molar-refractivity contribution in [1.29, 1.82) is 0 Å². The molecule has 0 radical (unpaired) electrons. The number of carbonyl (C=O) groups is 2. The minimum atomic E-state index is -0.307. The third-order valence-electron chi connectivity index (χ3n) is 5.49. The molecule has 4 rings (SSSR count). The first-order chi connectivity index (χ1) is 15.5. The number of hydrogen-bond donors (Lipinski definition) is 1. The normalized spacial score (nSPS) is 10.8. The highest BCUT2D eigenvalue weighted by molar-refractivity contribution is 6.04. The van der Waals surface area contributed by atoms with Crippen molar-refractivity contribution < 1.29 is 14.0 Å². The summed E-state index contributed by atoms with van der Waals surface area (Å²) in [5.41, 5.74) is 4.62. The molecule has 5 heteroatoms. The van der Waals surface area contributed by atoms with Crippen LogP contribution in [0.15, 0.2) is 83.3 Å². The first-order valence-corrected chi connectivity index (χ1v) is 10.7. The van der Waals surface area contributed by atoms with Gasteiger partial charge in [0.05, 0.1) is 6.42 Å². The third-order valence-corrected chi connectivity index (χ3v) is 5.49. The highest BCUT2D eigenvalue weighted by Gasteiger charge is 2.13. The molecule has 0 atom stereocenters. The van der Waals surface area contributed by atoms with Crippen molar-refractivity contribution in [3.63, 3.8) is 0 Å². The molecular formula is C27H26N2O3. The summed E-state index contributed by atoms with van der Waals surface area (Å²) in [5, 5.41) is 3.72. The maximum atomic E-state index is 12.6. The van der Waals surface area contributed by atoms with Gasteiger partial charge in [-0.3, -0.25) is 9.59 Å². The van der Waals surface area contributed by atoms with Gasteiger partial charge in [-0.2, -0.15) is 0 Å². The van der Waals surface area contributed by atoms with E-state index in [4.69, 9.17) is 4.42 Å². The van der Waals surface area contributed by atoms with E-state index in [2.05, 4.69) is 36.5 Å². The van der Waals surface area contributed by atoms with Crippen LogP contribution in [0.5, 0.6) is 0 Å². The van der Waals surface area contributed by atoms with Crippen LogP contribution in [0.3, 0.4) is 0 Å². The number of benzene rings is 3. The number of nitrogens with zero attached hydrogens (tertiary/aromatic N) is 1. The average Bonchev–Trinajstić information content (AvgIpc) is 3.25. The van der Waals surface area contributed by atoms with Crippen molar-refractivity contribution in [3.8, 4) is 0 Å². The Hall–Kier alpha value is -3.86. The van der Waals surface area contributed by atoms with Gasteiger partial charge in [-0.25, -0.2) is 0 Å². The maximum Gasteiger partial charge on any atom is 0.291 e. The molecule has 0 aliphatic rings. The summed E-state index contributed by atoms with van der Waals surface area (Å²) in [6.45, 7) is 2.70. The second-order valence-corrected chi connectivity index (χ2v) is 7.90. The Balaban J connectivity index is 1.33. The van der Waals surface area contributed by atoms with E-state index in [9.17, 15) is 9.59 Å². The van der Waals surface area contributed by atoms with Gasteiger partial charge in [0.15, 0.2) is 5.76 Å². The van der Waals surface area contributed by atoms with Gasteiger partial charge in [0, 0.05) is 24.7 Å². The van der Waals surface area contributed by atoms with Crippen LogP contribution in [-0.4, -0.2) is 23.8 Å². The predicted molar refractivity (Wildman–Crippen MR) is 127 cm³/mol. The minimum Gasteiger partial charge on any atom is -0.451 e. The summed E-state index contributed by atoms with van der Waals surface area (Å²) in [7, 11) is 1.82. The van der Waals surface area contributed by atoms with Gasteiger partial charge in [-0.1, -0.05) is 61.5 Å². The molecule has 4 aromatic rings. The standard InChI is InChI=1S/C27H26N2O3/c1-3-19-8-10-21(11-9-19)18-29(2)26(30)16-20-12-14-23(15-13-20)28-27(31)25-17-22-6-4-5-7-24(22)32-25/h4-15,17H,3,16,18H2,1-2H3,(H,28,31). The Morgan fingerprint density at radius 1 is 0.875 bits per heavy atom. The van der Waals surface area contributed by atoms with Crippen molar-refractivity contribution in [2.24, 2.45) is 0 Å². The number of fused-ring (bicyclic) bond motifs is 1. The molecule has 1 heterocycles. The fourth-order valence-electron chi connectivity index (χ4n) is 3.54. The fourth-order valence-corrected chi connectivity index (χ4v) is 3.54. The lowest BCUT2D eigenvalue weighted by molar-refractivity contribution is -0.129. The van der Waals surface area contributed by atoms with Gasteiger partial charge in [0.1, 0.15) is 5.58 Å². The molecule has 0 unspecified atom stereocenters. The largest absolute Gasteiger partial charge is 0.451 e. The molecule has 5 nitrogen and oxygen atoms in total. The van der Waals surface area contributed by atoms with Crippen LogP contribution in [0.2, 0.25) is 0 Å². The van der Waals surface area contributed by atoms with Crippen LogP contribution in [-0.2, 0) is 24.2 Å². The molecule has 0 saturated carbocycles. The number of likely N-dealkylation sites (N-methyl/N-ethyl adjacent to an activating group) is 1. The highest BCUT2D eigenvalue weighted by Crippen LogP contribution is 2.20. The zero-order valence-corrected chi connectivity index (χ0v) is 18.3. The van der Waals surface area contributed by atoms with Crippen LogP contribution in [0.25, 0.3) is 11.0 Å². The van der Waals surface area contributed by atoms with Crippen LogP contribution >= 0.6 is 0 Å². The number of hydrogen-bond acceptors (Lipinski definition) is 3. The predicted octanol–water partition coefficient (Wildman–Crippen LogP) is 5.45. The zero-order valence-electron chi connectivity index (χ0n) is 18.3. The van der Waals surface area contributed by atoms with E-state index >= 15 is 0 Å². The molecule has 2 amide bonds. The Morgan fingerprint density at radius 2 is 1.53 bits per heavy atom. The molecule has 0 bridgehead atoms. The quantitative estimate of drug-likeness (QED) is 0.427. The number of anilines is 1. The second-order valence-electron chi connectivity index (χ2n) is 7.90. The van der Waals surface area contributed by atoms with Crippen LogP contribution < -0.4 is 5.32 Å². The lowest BCUT2D eigenvalue weighted by Gasteiger charge is -2.17. The van der Waals surface area contributed by atoms with E-state index in [-0.39, 0.29) is 17.6 Å². The van der Waals surface area contributed by atoms with Gasteiger partial charge < -0.3 is 14.6 Å². The van der Waals surface area contributed by atoms with E-state index in [0.717, 1.165) is 22.9 Å². The SMILES string of the molecule is CCc1ccc(CN(C)C(=O)Cc2ccc(NC(=O)c3cc4ccccc4o3)cc2)cc1. The molecule has 162 valence electrons. The van der Waals surface area contributed by atoms with Crippen molar-refractivity contribution in [3.05, 3.63) is 101 Å². The van der Waals surface area contributed by atoms with Gasteiger partial charge in [0.25, 0.3) is 5.91 Å². The summed E-state index contributed by atoms with van der Waals surface area (Å²) in [4.78, 5) is 26.8. The molecule has 0 spiro atoms. The Bertz CT molecular complexity index is 1190. The Morgan fingerprint density at radius 3 is 2.22 bits per heavy atom. The summed E-state index contributed by atoms with van der Waals surface area (Å²) < 4.78 is 5.60. The van der Waals surface area contributed by atoms with E-state index in [0.29, 0.717) is 24.2 Å². The van der Waals surface area contributed by atoms with Crippen LogP contribution in [0.1, 0.15) is 34.2 Å². The molecule has 0 aliphatic heterocycles. The van der Waals surface area contributed by atoms with E-state index in [1.807, 2.05) is 43.4 Å². The molecule has 3 aromatic carbocycles. The number of carbonyl (C=O) groups excluding carboxylic acids is 2. The molecular weight excluding hydrogens is 400 g/mol. The molecule has 1 N–H and O–H groups in total. The second kappa shape index (κ2) is 9.52. The molecule has 0 aliphatic carbocycles. The Labute approximate surface area is 187 Å². The number of furan rings is 1. The summed E-state index contributed by atoms with van der Waals surface area (Å²) in [6.07, 6.45) is 1.31. The highest BCUT2D eigenvalue weighted by atomic mass is 16.3. The molecule has 0 saturated heterocycles. The summed E-state index contributed by atoms with van der Waals surface area (Å²) >= 11 is 0. The van der Waals surface area contributed by atoms with Crippen molar-refractivity contribution in [1.82, 2.24) is 4.90 Å². The maximum absolute atomic E-state index is 12.6. The van der Waals surface area contributed by atoms with Crippen LogP contribution in [0.4, 0.5) is 5.69 Å². The Kier molecular flexibility index (Phi) is 6.36. The van der Waals surface area contributed by atoms with Gasteiger partial charge in [0.2, 0.25) is 5.91 Å². The summed E-state index contributed by atoms with van der Waals surface area (Å²) in [6, 6.07) is 24.9. The fraction of sp³-hybridized carbons (Fsp3) is 0.185. The van der Waals surface area contributed by atoms with Crippen LogP contribution in [0, 0.1) is 0 Å². The van der Waals surface area contributed by atoms with Gasteiger partial charge >= 0.3 is 0 Å². The van der Waals surface area contributed by atoms with Crippen molar-refractivity contribution in [2.75, 3.05) is 12.4 Å². The van der Waals surface area contributed by atoms with Gasteiger partial charge in [-0.05, 0) is 47.4 Å². The molecule has 32 heavy (non-hydrogen) atoms. The van der Waals surface area contributed by atoms with E-state index in [1.165, 1.54) is 5.56 Å². The number of aryl methyl sites for hydroxylation is 1.